The number of aromatic nitrogens is 5. The maximum atomic E-state index is 15.1. The highest BCUT2D eigenvalue weighted by Crippen LogP contribution is 2.26. The summed E-state index contributed by atoms with van der Waals surface area (Å²) >= 11 is 5.30. The number of halogens is 1. The molecule has 1 fully saturated rings. The molecule has 4 heterocycles. The van der Waals surface area contributed by atoms with E-state index in [9.17, 15) is 14.7 Å². The highest BCUT2D eigenvalue weighted by molar-refractivity contribution is 7.71. The van der Waals surface area contributed by atoms with Crippen molar-refractivity contribution in [2.45, 2.75) is 20.1 Å². The molecule has 1 N–H and O–H groups in total. The second kappa shape index (κ2) is 9.59. The molecule has 11 nitrogen and oxygen atoms in total. The molecule has 186 valence electrons. The van der Waals surface area contributed by atoms with E-state index in [1.54, 1.807) is 33.9 Å². The fraction of sp³-hybridized carbons (Fsp3) is 0.304. The zero-order valence-corrected chi connectivity index (χ0v) is 20.1. The van der Waals surface area contributed by atoms with Gasteiger partial charge in [0, 0.05) is 56.7 Å². The normalized spacial score (nSPS) is 14.4. The average Bonchev–Trinajstić information content (AvgIpc) is 3.25. The van der Waals surface area contributed by atoms with Crippen LogP contribution in [0.5, 0.6) is 0 Å². The van der Waals surface area contributed by atoms with Crippen molar-refractivity contribution in [3.8, 4) is 11.6 Å². The van der Waals surface area contributed by atoms with Gasteiger partial charge >= 0.3 is 5.97 Å². The van der Waals surface area contributed by atoms with Gasteiger partial charge in [0.05, 0.1) is 24.1 Å². The van der Waals surface area contributed by atoms with Crippen LogP contribution in [0, 0.1) is 10.7 Å². The molecule has 0 unspecified atom stereocenters. The van der Waals surface area contributed by atoms with E-state index in [0.29, 0.717) is 56.3 Å². The van der Waals surface area contributed by atoms with E-state index in [1.807, 2.05) is 11.8 Å². The van der Waals surface area contributed by atoms with Gasteiger partial charge in [-0.25, -0.2) is 18.9 Å². The van der Waals surface area contributed by atoms with E-state index in [-0.39, 0.29) is 21.7 Å². The van der Waals surface area contributed by atoms with Crippen molar-refractivity contribution in [1.29, 1.82) is 0 Å². The summed E-state index contributed by atoms with van der Waals surface area (Å²) in [5.74, 6) is -1.61. The number of carboxylic acid groups (broad SMARTS) is 1. The van der Waals surface area contributed by atoms with E-state index < -0.39 is 17.2 Å². The fourth-order valence-electron chi connectivity index (χ4n) is 4.28. The van der Waals surface area contributed by atoms with Gasteiger partial charge < -0.3 is 19.0 Å². The van der Waals surface area contributed by atoms with E-state index >= 15 is 4.39 Å². The number of aromatic carboxylic acids is 1. The van der Waals surface area contributed by atoms with Crippen LogP contribution in [-0.2, 0) is 13.2 Å². The molecule has 3 aromatic heterocycles. The summed E-state index contributed by atoms with van der Waals surface area (Å²) in [5.41, 5.74) is 0.285. The number of aryl methyl sites for hydroxylation is 1. The van der Waals surface area contributed by atoms with Crippen molar-refractivity contribution in [2.24, 2.45) is 0 Å². The number of fused-ring (bicyclic) bond motifs is 1. The minimum Gasteiger partial charge on any atom is -0.477 e. The summed E-state index contributed by atoms with van der Waals surface area (Å²) in [6.07, 6.45) is 5.95. The molecule has 0 spiro atoms. The molecule has 36 heavy (non-hydrogen) atoms. The van der Waals surface area contributed by atoms with Gasteiger partial charge in [0.15, 0.2) is 0 Å². The van der Waals surface area contributed by atoms with Crippen LogP contribution < -0.4 is 10.3 Å². The smallest absolute Gasteiger partial charge is 0.341 e. The molecule has 13 heteroatoms. The summed E-state index contributed by atoms with van der Waals surface area (Å²) in [6, 6.07) is 2.76. The van der Waals surface area contributed by atoms with Crippen LogP contribution in [0.25, 0.3) is 22.5 Å². The zero-order chi connectivity index (χ0) is 25.4. The second-order valence-electron chi connectivity index (χ2n) is 8.29. The third kappa shape index (κ3) is 4.38. The lowest BCUT2D eigenvalue weighted by molar-refractivity contribution is 0.0695. The van der Waals surface area contributed by atoms with Crippen molar-refractivity contribution in [3.63, 3.8) is 0 Å². The molecule has 0 saturated carbocycles. The molecule has 5 rings (SSSR count). The molecule has 0 aliphatic carbocycles. The standard InChI is InChI=1S/C23H22FN7O4S/c1-2-29-12-15(22(33)34)20(32)14-9-16(24)19(10-18(14)29)30-7-5-28(6-8-30)13-31-23(36)35-21(27-31)17-11-25-3-4-26-17/h3-4,9-12H,2,5-8,13H2,1H3,(H,33,34). The molecule has 1 saturated heterocycles. The van der Waals surface area contributed by atoms with Crippen LogP contribution in [0.3, 0.4) is 0 Å². The Morgan fingerprint density at radius 3 is 2.67 bits per heavy atom. The van der Waals surface area contributed by atoms with Gasteiger partial charge in [-0.15, -0.1) is 5.10 Å². The van der Waals surface area contributed by atoms with Gasteiger partial charge in [-0.05, 0) is 31.3 Å². The Hall–Kier alpha value is -3.97. The molecule has 0 atom stereocenters. The number of anilines is 1. The maximum absolute atomic E-state index is 15.1. The Kier molecular flexibility index (Phi) is 6.33. The largest absolute Gasteiger partial charge is 0.477 e. The van der Waals surface area contributed by atoms with Crippen molar-refractivity contribution < 1.29 is 18.7 Å². The number of carboxylic acids is 1. The molecule has 0 amide bonds. The first-order chi connectivity index (χ1) is 17.4. The van der Waals surface area contributed by atoms with Crippen LogP contribution in [0.15, 0.2) is 46.1 Å². The number of hydrogen-bond acceptors (Lipinski definition) is 9. The van der Waals surface area contributed by atoms with E-state index in [4.69, 9.17) is 16.6 Å². The van der Waals surface area contributed by atoms with Gasteiger partial charge in [0.25, 0.3) is 10.7 Å². The Bertz CT molecular complexity index is 1560. The highest BCUT2D eigenvalue weighted by Gasteiger charge is 2.23. The quantitative estimate of drug-likeness (QED) is 0.387. The van der Waals surface area contributed by atoms with Crippen molar-refractivity contribution in [2.75, 3.05) is 31.1 Å². The highest BCUT2D eigenvalue weighted by atomic mass is 32.1. The molecule has 4 aromatic rings. The first kappa shape index (κ1) is 23.8. The third-order valence-corrected chi connectivity index (χ3v) is 6.45. The lowest BCUT2D eigenvalue weighted by atomic mass is 10.1. The average molecular weight is 512 g/mol. The van der Waals surface area contributed by atoms with Crippen molar-refractivity contribution in [1.82, 2.24) is 29.2 Å². The van der Waals surface area contributed by atoms with Gasteiger partial charge in [-0.1, -0.05) is 0 Å². The number of hydrogen-bond donors (Lipinski definition) is 1. The molecular weight excluding hydrogens is 489 g/mol. The van der Waals surface area contributed by atoms with E-state index in [1.165, 1.54) is 6.20 Å². The van der Waals surface area contributed by atoms with Crippen molar-refractivity contribution in [3.05, 3.63) is 63.4 Å². The molecule has 0 radical (unpaired) electrons. The first-order valence-electron chi connectivity index (χ1n) is 11.3. The summed E-state index contributed by atoms with van der Waals surface area (Å²) < 4.78 is 23.9. The Balaban J connectivity index is 1.34. The minimum atomic E-state index is -1.33. The predicted molar refractivity (Wildman–Crippen MR) is 131 cm³/mol. The SMILES string of the molecule is CCn1cc(C(=O)O)c(=O)c2cc(F)c(N3CCN(Cn4nc(-c5cnccn5)oc4=S)CC3)cc21. The van der Waals surface area contributed by atoms with Crippen LogP contribution >= 0.6 is 12.2 Å². The van der Waals surface area contributed by atoms with Gasteiger partial charge in [0.1, 0.15) is 17.1 Å². The Morgan fingerprint density at radius 1 is 1.22 bits per heavy atom. The third-order valence-electron chi connectivity index (χ3n) is 6.16. The summed E-state index contributed by atoms with van der Waals surface area (Å²) in [4.78, 5) is 36.5. The minimum absolute atomic E-state index is 0.0518. The Morgan fingerprint density at radius 2 is 2.00 bits per heavy atom. The summed E-state index contributed by atoms with van der Waals surface area (Å²) in [7, 11) is 0. The summed E-state index contributed by atoms with van der Waals surface area (Å²) in [6.45, 7) is 4.98. The zero-order valence-electron chi connectivity index (χ0n) is 19.3. The number of pyridine rings is 1. The first-order valence-corrected chi connectivity index (χ1v) is 11.7. The van der Waals surface area contributed by atoms with Crippen molar-refractivity contribution >= 4 is 34.8 Å². The second-order valence-corrected chi connectivity index (χ2v) is 8.64. The molecule has 1 aromatic carbocycles. The van der Waals surface area contributed by atoms with Crippen LogP contribution in [0.1, 0.15) is 17.3 Å². The van der Waals surface area contributed by atoms with Gasteiger partial charge in [0.2, 0.25) is 5.43 Å². The predicted octanol–water partition coefficient (Wildman–Crippen LogP) is 2.61. The van der Waals surface area contributed by atoms with Crippen LogP contribution in [0.2, 0.25) is 0 Å². The van der Waals surface area contributed by atoms with E-state index in [0.717, 1.165) is 6.07 Å². The Labute approximate surface area is 209 Å². The number of piperazine rings is 1. The molecule has 0 bridgehead atoms. The monoisotopic (exact) mass is 511 g/mol. The lowest BCUT2D eigenvalue weighted by Gasteiger charge is -2.36. The number of rotatable bonds is 6. The van der Waals surface area contributed by atoms with Crippen LogP contribution in [0.4, 0.5) is 10.1 Å². The number of nitrogens with zero attached hydrogens (tertiary/aromatic N) is 7. The van der Waals surface area contributed by atoms with Gasteiger partial charge in [-0.2, -0.15) is 0 Å². The molecule has 1 aliphatic rings. The number of carbonyl (C=O) groups is 1. The molecule has 1 aliphatic heterocycles. The lowest BCUT2D eigenvalue weighted by Crippen LogP contribution is -2.47. The van der Waals surface area contributed by atoms with E-state index in [2.05, 4.69) is 20.0 Å². The maximum Gasteiger partial charge on any atom is 0.341 e. The topological polar surface area (TPSA) is 123 Å². The van der Waals surface area contributed by atoms with Crippen LogP contribution in [-0.4, -0.2) is 66.5 Å². The fourth-order valence-corrected chi connectivity index (χ4v) is 4.46. The number of benzene rings is 1. The molecular formula is C23H22FN7O4S. The summed E-state index contributed by atoms with van der Waals surface area (Å²) in [5, 5.41) is 13.8. The van der Waals surface area contributed by atoms with Gasteiger partial charge in [-0.3, -0.25) is 14.7 Å².